The van der Waals surface area contributed by atoms with Crippen LogP contribution in [0.15, 0.2) is 59.7 Å². The molecule has 0 aliphatic rings. The number of hydrogen-bond acceptors (Lipinski definition) is 4. The van der Waals surface area contributed by atoms with Gasteiger partial charge < -0.3 is 15.0 Å². The molecule has 0 radical (unpaired) electrons. The van der Waals surface area contributed by atoms with E-state index in [2.05, 4.69) is 15.8 Å². The summed E-state index contributed by atoms with van der Waals surface area (Å²) in [6, 6.07) is 15.0. The maximum atomic E-state index is 12.3. The van der Waals surface area contributed by atoms with Crippen molar-refractivity contribution in [3.63, 3.8) is 0 Å². The van der Waals surface area contributed by atoms with E-state index in [0.29, 0.717) is 11.3 Å². The van der Waals surface area contributed by atoms with Gasteiger partial charge in [-0.3, -0.25) is 9.59 Å². The predicted molar refractivity (Wildman–Crippen MR) is 118 cm³/mol. The number of aromatic nitrogens is 1. The first-order valence-electron chi connectivity index (χ1n) is 9.50. The molecule has 0 fully saturated rings. The zero-order valence-electron chi connectivity index (χ0n) is 17.3. The average Bonchev–Trinajstić information content (AvgIpc) is 3.01. The van der Waals surface area contributed by atoms with Crippen LogP contribution >= 0.6 is 0 Å². The minimum absolute atomic E-state index is 0.186. The van der Waals surface area contributed by atoms with E-state index in [1.807, 2.05) is 30.5 Å². The van der Waals surface area contributed by atoms with Crippen molar-refractivity contribution < 1.29 is 19.5 Å². The van der Waals surface area contributed by atoms with Crippen LogP contribution in [0.1, 0.15) is 44.6 Å². The largest absolute Gasteiger partial charge is 0.478 e. The van der Waals surface area contributed by atoms with Crippen molar-refractivity contribution in [2.24, 2.45) is 5.10 Å². The molecule has 3 rings (SSSR count). The first-order valence-corrected chi connectivity index (χ1v) is 9.50. The van der Waals surface area contributed by atoms with Crippen molar-refractivity contribution in [3.05, 3.63) is 82.7 Å². The highest BCUT2D eigenvalue weighted by Crippen LogP contribution is 2.20. The Labute approximate surface area is 179 Å². The molecule has 31 heavy (non-hydrogen) atoms. The molecule has 0 atom stereocenters. The highest BCUT2D eigenvalue weighted by molar-refractivity contribution is 5.96. The third-order valence-electron chi connectivity index (χ3n) is 4.66. The number of hydrazone groups is 1. The van der Waals surface area contributed by atoms with Crippen LogP contribution in [-0.2, 0) is 4.79 Å². The van der Waals surface area contributed by atoms with Gasteiger partial charge in [0, 0.05) is 40.8 Å². The van der Waals surface area contributed by atoms with E-state index in [-0.39, 0.29) is 17.4 Å². The molecule has 2 amide bonds. The lowest BCUT2D eigenvalue weighted by atomic mass is 10.2. The van der Waals surface area contributed by atoms with Crippen molar-refractivity contribution in [3.8, 4) is 5.69 Å². The lowest BCUT2D eigenvalue weighted by molar-refractivity contribution is -0.114. The SMILES string of the molecule is CC(=O)Nc1ccc(C(=O)N/N=C\c2cc(C)n(-c3cccc(C(=O)O)c3)c2C)cc1. The van der Waals surface area contributed by atoms with Crippen LogP contribution in [-0.4, -0.2) is 33.7 Å². The molecule has 158 valence electrons. The Morgan fingerprint density at radius 1 is 1.00 bits per heavy atom. The lowest BCUT2D eigenvalue weighted by Gasteiger charge is -2.10. The molecule has 0 saturated heterocycles. The highest BCUT2D eigenvalue weighted by Gasteiger charge is 2.12. The smallest absolute Gasteiger partial charge is 0.335 e. The number of hydrogen-bond donors (Lipinski definition) is 3. The van der Waals surface area contributed by atoms with Crippen molar-refractivity contribution in [1.82, 2.24) is 9.99 Å². The molecule has 0 aliphatic carbocycles. The summed E-state index contributed by atoms with van der Waals surface area (Å²) in [4.78, 5) is 34.6. The molecule has 0 bridgehead atoms. The standard InChI is InChI=1S/C23H22N4O4/c1-14-11-19(15(2)27(14)21-6-4-5-18(12-21)23(30)31)13-24-26-22(29)17-7-9-20(10-8-17)25-16(3)28/h4-13H,1-3H3,(H,25,28)(H,26,29)(H,30,31)/b24-13-. The van der Waals surface area contributed by atoms with Crippen molar-refractivity contribution in [2.75, 3.05) is 5.32 Å². The van der Waals surface area contributed by atoms with E-state index in [1.165, 1.54) is 6.92 Å². The van der Waals surface area contributed by atoms with Crippen LogP contribution in [0.4, 0.5) is 5.69 Å². The third-order valence-corrected chi connectivity index (χ3v) is 4.66. The summed E-state index contributed by atoms with van der Waals surface area (Å²) in [6.07, 6.45) is 1.55. The summed E-state index contributed by atoms with van der Waals surface area (Å²) in [5.74, 6) is -1.55. The topological polar surface area (TPSA) is 113 Å². The highest BCUT2D eigenvalue weighted by atomic mass is 16.4. The van der Waals surface area contributed by atoms with E-state index in [9.17, 15) is 19.5 Å². The van der Waals surface area contributed by atoms with Gasteiger partial charge in [0.15, 0.2) is 0 Å². The summed E-state index contributed by atoms with van der Waals surface area (Å²) < 4.78 is 1.93. The Bertz CT molecular complexity index is 1180. The van der Waals surface area contributed by atoms with Gasteiger partial charge in [0.05, 0.1) is 11.8 Å². The number of anilines is 1. The normalized spacial score (nSPS) is 10.8. The van der Waals surface area contributed by atoms with E-state index >= 15 is 0 Å². The quantitative estimate of drug-likeness (QED) is 0.420. The van der Waals surface area contributed by atoms with Gasteiger partial charge >= 0.3 is 5.97 Å². The van der Waals surface area contributed by atoms with Crippen molar-refractivity contribution in [1.29, 1.82) is 0 Å². The summed E-state index contributed by atoms with van der Waals surface area (Å²) >= 11 is 0. The molecule has 8 heteroatoms. The number of carboxylic acid groups (broad SMARTS) is 1. The predicted octanol–water partition coefficient (Wildman–Crippen LogP) is 3.51. The van der Waals surface area contributed by atoms with Crippen LogP contribution in [0.2, 0.25) is 0 Å². The van der Waals surface area contributed by atoms with Gasteiger partial charge in [-0.05, 0) is 62.4 Å². The Morgan fingerprint density at radius 3 is 2.35 bits per heavy atom. The second-order valence-corrected chi connectivity index (χ2v) is 6.98. The summed E-state index contributed by atoms with van der Waals surface area (Å²) in [5, 5.41) is 15.9. The minimum atomic E-state index is -0.987. The van der Waals surface area contributed by atoms with Gasteiger partial charge in [-0.15, -0.1) is 0 Å². The van der Waals surface area contributed by atoms with Crippen molar-refractivity contribution in [2.45, 2.75) is 20.8 Å². The van der Waals surface area contributed by atoms with Gasteiger partial charge in [-0.2, -0.15) is 5.10 Å². The molecule has 0 spiro atoms. The molecule has 0 aliphatic heterocycles. The summed E-state index contributed by atoms with van der Waals surface area (Å²) in [6.45, 7) is 5.21. The van der Waals surface area contributed by atoms with Crippen LogP contribution < -0.4 is 10.7 Å². The van der Waals surface area contributed by atoms with Gasteiger partial charge in [0.1, 0.15) is 0 Å². The van der Waals surface area contributed by atoms with Crippen molar-refractivity contribution >= 4 is 29.7 Å². The minimum Gasteiger partial charge on any atom is -0.478 e. The summed E-state index contributed by atoms with van der Waals surface area (Å²) in [5.41, 5.74) is 6.99. The Kier molecular flexibility index (Phi) is 6.30. The molecule has 8 nitrogen and oxygen atoms in total. The van der Waals surface area contributed by atoms with Crippen LogP contribution in [0.25, 0.3) is 5.69 Å². The second kappa shape index (κ2) is 9.08. The Balaban J connectivity index is 1.74. The number of carboxylic acids is 1. The fourth-order valence-corrected chi connectivity index (χ4v) is 3.23. The lowest BCUT2D eigenvalue weighted by Crippen LogP contribution is -2.17. The van der Waals surface area contributed by atoms with E-state index in [4.69, 9.17) is 0 Å². The number of amides is 2. The number of carbonyl (C=O) groups excluding carboxylic acids is 2. The Morgan fingerprint density at radius 2 is 1.71 bits per heavy atom. The third kappa shape index (κ3) is 5.05. The molecule has 3 aromatic rings. The molecular formula is C23H22N4O4. The number of nitrogens with one attached hydrogen (secondary N) is 2. The first kappa shape index (κ1) is 21.5. The molecule has 2 aromatic carbocycles. The molecule has 0 unspecified atom stereocenters. The number of aryl methyl sites for hydroxylation is 1. The molecule has 1 aromatic heterocycles. The molecule has 3 N–H and O–H groups in total. The number of aromatic carboxylic acids is 1. The second-order valence-electron chi connectivity index (χ2n) is 6.98. The average molecular weight is 418 g/mol. The van der Waals surface area contributed by atoms with E-state index < -0.39 is 5.97 Å². The van der Waals surface area contributed by atoms with Gasteiger partial charge in [0.25, 0.3) is 5.91 Å². The van der Waals surface area contributed by atoms with Crippen LogP contribution in [0, 0.1) is 13.8 Å². The summed E-state index contributed by atoms with van der Waals surface area (Å²) in [7, 11) is 0. The maximum absolute atomic E-state index is 12.3. The molecule has 1 heterocycles. The zero-order valence-corrected chi connectivity index (χ0v) is 17.3. The molecule has 0 saturated carbocycles. The number of nitrogens with zero attached hydrogens (tertiary/aromatic N) is 2. The first-order chi connectivity index (χ1) is 14.8. The maximum Gasteiger partial charge on any atom is 0.335 e. The van der Waals surface area contributed by atoms with Gasteiger partial charge in [-0.1, -0.05) is 6.07 Å². The monoisotopic (exact) mass is 418 g/mol. The fraction of sp³-hybridized carbons (Fsp3) is 0.130. The van der Waals surface area contributed by atoms with Gasteiger partial charge in [-0.25, -0.2) is 10.2 Å². The Hall–Kier alpha value is -4.20. The van der Waals surface area contributed by atoms with E-state index in [0.717, 1.165) is 22.6 Å². The molecular weight excluding hydrogens is 396 g/mol. The number of benzene rings is 2. The number of carbonyl (C=O) groups is 3. The zero-order chi connectivity index (χ0) is 22.5. The van der Waals surface area contributed by atoms with E-state index in [1.54, 1.807) is 48.7 Å². The van der Waals surface area contributed by atoms with Gasteiger partial charge in [0.2, 0.25) is 5.91 Å². The number of rotatable bonds is 6. The van der Waals surface area contributed by atoms with Crippen LogP contribution in [0.3, 0.4) is 0 Å². The van der Waals surface area contributed by atoms with Crippen LogP contribution in [0.5, 0.6) is 0 Å². The fourth-order valence-electron chi connectivity index (χ4n) is 3.23.